The summed E-state index contributed by atoms with van der Waals surface area (Å²) < 4.78 is 38.2. The first-order valence-electron chi connectivity index (χ1n) is 5.71. The average Bonchev–Trinajstić information content (AvgIpc) is 2.85. The molecule has 2 aromatic rings. The highest BCUT2D eigenvalue weighted by molar-refractivity contribution is 5.39. The lowest BCUT2D eigenvalue weighted by atomic mass is 10.1. The second kappa shape index (κ2) is 5.32. The van der Waals surface area contributed by atoms with Gasteiger partial charge in [-0.2, -0.15) is 18.3 Å². The van der Waals surface area contributed by atoms with E-state index in [2.05, 4.69) is 5.10 Å². The Balaban J connectivity index is 2.10. The number of aryl methyl sites for hydroxylation is 2. The number of hydrogen-bond acceptors (Lipinski definition) is 3. The molecule has 0 aliphatic heterocycles. The zero-order valence-corrected chi connectivity index (χ0v) is 10.2. The summed E-state index contributed by atoms with van der Waals surface area (Å²) in [7, 11) is 0. The standard InChI is InChI=1S/C12H10F3N3O2/c13-12(14,15)11-6-8-17(16-11)7-5-9-3-1-2-4-10(9)18(19)20/h1-4,6,8H,5,7H2. The lowest BCUT2D eigenvalue weighted by Crippen LogP contribution is -2.09. The Hall–Kier alpha value is -2.38. The molecule has 8 heteroatoms. The second-order valence-corrected chi connectivity index (χ2v) is 4.10. The Kier molecular flexibility index (Phi) is 3.73. The van der Waals surface area contributed by atoms with Crippen LogP contribution in [0.25, 0.3) is 0 Å². The molecule has 0 spiro atoms. The number of alkyl halides is 3. The molecule has 0 bridgehead atoms. The summed E-state index contributed by atoms with van der Waals surface area (Å²) in [5.41, 5.74) is -0.558. The predicted molar refractivity (Wildman–Crippen MR) is 64.0 cm³/mol. The number of halogens is 3. The molecule has 106 valence electrons. The van der Waals surface area contributed by atoms with Crippen LogP contribution in [0.3, 0.4) is 0 Å². The molecular formula is C12H10F3N3O2. The minimum atomic E-state index is -4.48. The zero-order valence-electron chi connectivity index (χ0n) is 10.2. The summed E-state index contributed by atoms with van der Waals surface area (Å²) in [6, 6.07) is 7.00. The van der Waals surface area contributed by atoms with Crippen molar-refractivity contribution in [1.82, 2.24) is 9.78 Å². The van der Waals surface area contributed by atoms with E-state index in [-0.39, 0.29) is 18.7 Å². The molecule has 20 heavy (non-hydrogen) atoms. The number of nitro groups is 1. The highest BCUT2D eigenvalue weighted by atomic mass is 19.4. The minimum Gasteiger partial charge on any atom is -0.272 e. The summed E-state index contributed by atoms with van der Waals surface area (Å²) in [5.74, 6) is 0. The lowest BCUT2D eigenvalue weighted by molar-refractivity contribution is -0.385. The number of nitro benzene ring substituents is 1. The molecule has 5 nitrogen and oxygen atoms in total. The van der Waals surface area contributed by atoms with Crippen LogP contribution in [0.5, 0.6) is 0 Å². The van der Waals surface area contributed by atoms with Crippen molar-refractivity contribution in [1.29, 1.82) is 0 Å². The van der Waals surface area contributed by atoms with E-state index in [4.69, 9.17) is 0 Å². The Labute approximate surface area is 111 Å². The van der Waals surface area contributed by atoms with Crippen LogP contribution in [-0.2, 0) is 19.1 Å². The molecule has 0 unspecified atom stereocenters. The van der Waals surface area contributed by atoms with Crippen LogP contribution >= 0.6 is 0 Å². The van der Waals surface area contributed by atoms with E-state index < -0.39 is 16.8 Å². The van der Waals surface area contributed by atoms with Gasteiger partial charge in [-0.15, -0.1) is 0 Å². The van der Waals surface area contributed by atoms with Gasteiger partial charge in [-0.3, -0.25) is 14.8 Å². The van der Waals surface area contributed by atoms with E-state index in [0.29, 0.717) is 5.56 Å². The van der Waals surface area contributed by atoms with Gasteiger partial charge in [0.2, 0.25) is 0 Å². The number of nitrogens with zero attached hydrogens (tertiary/aromatic N) is 3. The normalized spacial score (nSPS) is 11.6. The van der Waals surface area contributed by atoms with Gasteiger partial charge in [0.25, 0.3) is 5.69 Å². The topological polar surface area (TPSA) is 61.0 Å². The highest BCUT2D eigenvalue weighted by Gasteiger charge is 2.33. The summed E-state index contributed by atoms with van der Waals surface area (Å²) >= 11 is 0. The zero-order chi connectivity index (χ0) is 14.8. The van der Waals surface area contributed by atoms with Crippen LogP contribution in [0.1, 0.15) is 11.3 Å². The Morgan fingerprint density at radius 3 is 2.55 bits per heavy atom. The molecule has 0 amide bonds. The Morgan fingerprint density at radius 2 is 1.95 bits per heavy atom. The number of hydrogen-bond donors (Lipinski definition) is 0. The van der Waals surface area contributed by atoms with Gasteiger partial charge in [0.15, 0.2) is 5.69 Å². The molecule has 0 saturated carbocycles. The van der Waals surface area contributed by atoms with Gasteiger partial charge in [-0.1, -0.05) is 18.2 Å². The monoisotopic (exact) mass is 285 g/mol. The van der Waals surface area contributed by atoms with E-state index in [1.54, 1.807) is 12.1 Å². The van der Waals surface area contributed by atoms with Crippen molar-refractivity contribution in [2.24, 2.45) is 0 Å². The molecule has 2 rings (SSSR count). The Bertz CT molecular complexity index is 622. The first kappa shape index (κ1) is 14.0. The van der Waals surface area contributed by atoms with Crippen molar-refractivity contribution >= 4 is 5.69 Å². The molecular weight excluding hydrogens is 275 g/mol. The van der Waals surface area contributed by atoms with Crippen molar-refractivity contribution in [2.75, 3.05) is 0 Å². The molecule has 0 atom stereocenters. The first-order valence-corrected chi connectivity index (χ1v) is 5.71. The fourth-order valence-corrected chi connectivity index (χ4v) is 1.77. The summed E-state index contributed by atoms with van der Waals surface area (Å²) in [5, 5.41) is 14.2. The largest absolute Gasteiger partial charge is 0.435 e. The minimum absolute atomic E-state index is 0.0456. The summed E-state index contributed by atoms with van der Waals surface area (Å²) in [6.07, 6.45) is -3.04. The van der Waals surface area contributed by atoms with Crippen molar-refractivity contribution in [2.45, 2.75) is 19.1 Å². The highest BCUT2D eigenvalue weighted by Crippen LogP contribution is 2.27. The lowest BCUT2D eigenvalue weighted by Gasteiger charge is -2.04. The quantitative estimate of drug-likeness (QED) is 0.640. The van der Waals surface area contributed by atoms with Gasteiger partial charge in [0.1, 0.15) is 0 Å². The van der Waals surface area contributed by atoms with Crippen LogP contribution in [-0.4, -0.2) is 14.7 Å². The summed E-state index contributed by atoms with van der Waals surface area (Å²) in [6.45, 7) is 0.140. The third kappa shape index (κ3) is 3.14. The fraction of sp³-hybridized carbons (Fsp3) is 0.250. The van der Waals surface area contributed by atoms with Gasteiger partial charge in [-0.05, 0) is 12.5 Å². The van der Waals surface area contributed by atoms with Crippen molar-refractivity contribution in [3.8, 4) is 0 Å². The maximum Gasteiger partial charge on any atom is 0.435 e. The molecule has 1 aromatic carbocycles. The molecule has 0 fully saturated rings. The van der Waals surface area contributed by atoms with E-state index in [9.17, 15) is 23.3 Å². The van der Waals surface area contributed by atoms with E-state index in [1.807, 2.05) is 0 Å². The van der Waals surface area contributed by atoms with E-state index in [0.717, 1.165) is 10.7 Å². The Morgan fingerprint density at radius 1 is 1.25 bits per heavy atom. The van der Waals surface area contributed by atoms with Gasteiger partial charge >= 0.3 is 6.18 Å². The van der Waals surface area contributed by atoms with E-state index in [1.165, 1.54) is 18.3 Å². The summed E-state index contributed by atoms with van der Waals surface area (Å²) in [4.78, 5) is 10.3. The van der Waals surface area contributed by atoms with Crippen LogP contribution in [0.15, 0.2) is 36.5 Å². The maximum atomic E-state index is 12.4. The fourth-order valence-electron chi connectivity index (χ4n) is 1.77. The number of rotatable bonds is 4. The SMILES string of the molecule is O=[N+]([O-])c1ccccc1CCn1ccc(C(F)(F)F)n1. The molecule has 0 saturated heterocycles. The third-order valence-electron chi connectivity index (χ3n) is 2.73. The van der Waals surface area contributed by atoms with E-state index >= 15 is 0 Å². The van der Waals surface area contributed by atoms with Gasteiger partial charge in [-0.25, -0.2) is 0 Å². The van der Waals surface area contributed by atoms with Crippen molar-refractivity contribution in [3.63, 3.8) is 0 Å². The van der Waals surface area contributed by atoms with Crippen LogP contribution in [0, 0.1) is 10.1 Å². The molecule has 0 aliphatic rings. The maximum absolute atomic E-state index is 12.4. The number of benzene rings is 1. The molecule has 1 heterocycles. The molecule has 0 N–H and O–H groups in total. The first-order chi connectivity index (χ1) is 9.38. The van der Waals surface area contributed by atoms with Crippen molar-refractivity contribution < 1.29 is 18.1 Å². The average molecular weight is 285 g/mol. The van der Waals surface area contributed by atoms with Gasteiger partial charge in [0, 0.05) is 24.4 Å². The van der Waals surface area contributed by atoms with Gasteiger partial charge in [0.05, 0.1) is 4.92 Å². The predicted octanol–water partition coefficient (Wildman–Crippen LogP) is 3.05. The van der Waals surface area contributed by atoms with Crippen LogP contribution < -0.4 is 0 Å². The number of aromatic nitrogens is 2. The smallest absolute Gasteiger partial charge is 0.272 e. The molecule has 1 aromatic heterocycles. The van der Waals surface area contributed by atoms with Crippen LogP contribution in [0.2, 0.25) is 0 Å². The van der Waals surface area contributed by atoms with Crippen molar-refractivity contribution in [3.05, 3.63) is 57.9 Å². The molecule has 0 radical (unpaired) electrons. The van der Waals surface area contributed by atoms with Gasteiger partial charge < -0.3 is 0 Å². The third-order valence-corrected chi connectivity index (χ3v) is 2.73. The second-order valence-electron chi connectivity index (χ2n) is 4.10. The number of para-hydroxylation sites is 1. The van der Waals surface area contributed by atoms with Crippen LogP contribution in [0.4, 0.5) is 18.9 Å². The molecule has 0 aliphatic carbocycles.